The van der Waals surface area contributed by atoms with Crippen LogP contribution in [0.25, 0.3) is 6.08 Å². The molecule has 0 unspecified atom stereocenters. The summed E-state index contributed by atoms with van der Waals surface area (Å²) in [6, 6.07) is 17.2. The number of para-hydroxylation sites is 2. The van der Waals surface area contributed by atoms with Gasteiger partial charge in [-0.1, -0.05) is 36.4 Å². The van der Waals surface area contributed by atoms with Crippen LogP contribution in [0, 0.1) is 0 Å². The normalized spacial score (nSPS) is 14.5. The van der Waals surface area contributed by atoms with E-state index in [4.69, 9.17) is 9.47 Å². The van der Waals surface area contributed by atoms with Gasteiger partial charge in [0, 0.05) is 18.2 Å². The molecule has 0 aromatic heterocycles. The third kappa shape index (κ3) is 3.54. The highest BCUT2D eigenvalue weighted by molar-refractivity contribution is 5.92. The van der Waals surface area contributed by atoms with Crippen LogP contribution < -0.4 is 4.74 Å². The van der Waals surface area contributed by atoms with Crippen LogP contribution >= 0.6 is 0 Å². The van der Waals surface area contributed by atoms with Gasteiger partial charge in [-0.15, -0.1) is 0 Å². The van der Waals surface area contributed by atoms with Crippen molar-refractivity contribution in [3.05, 3.63) is 66.2 Å². The molecule has 0 spiro atoms. The van der Waals surface area contributed by atoms with Gasteiger partial charge in [-0.25, -0.2) is 0 Å². The second-order valence-corrected chi connectivity index (χ2v) is 4.93. The number of rotatable bonds is 4. The van der Waals surface area contributed by atoms with Crippen LogP contribution in [0.3, 0.4) is 0 Å². The zero-order valence-electron chi connectivity index (χ0n) is 12.1. The fraction of sp³-hybridized carbons (Fsp3) is 0.167. The summed E-state index contributed by atoms with van der Waals surface area (Å²) < 4.78 is 11.0. The summed E-state index contributed by atoms with van der Waals surface area (Å²) >= 11 is 0. The molecule has 112 valence electrons. The van der Waals surface area contributed by atoms with Gasteiger partial charge in [0.15, 0.2) is 0 Å². The summed E-state index contributed by atoms with van der Waals surface area (Å²) in [7, 11) is 0. The maximum absolute atomic E-state index is 12.0. The molecule has 2 aromatic carbocycles. The highest BCUT2D eigenvalue weighted by Gasteiger charge is 2.15. The van der Waals surface area contributed by atoms with Crippen LogP contribution in [-0.4, -0.2) is 30.7 Å². The topological polar surface area (TPSA) is 38.8 Å². The molecule has 0 N–H and O–H groups in total. The molecule has 1 aliphatic heterocycles. The van der Waals surface area contributed by atoms with Crippen molar-refractivity contribution in [2.45, 2.75) is 0 Å². The van der Waals surface area contributed by atoms with Crippen molar-refractivity contribution in [3.8, 4) is 11.5 Å². The van der Waals surface area contributed by atoms with Gasteiger partial charge in [0.05, 0.1) is 6.61 Å². The lowest BCUT2D eigenvalue weighted by molar-refractivity contribution is -0.126. The molecule has 1 saturated heterocycles. The predicted molar refractivity (Wildman–Crippen MR) is 84.5 cm³/mol. The van der Waals surface area contributed by atoms with E-state index in [9.17, 15) is 4.79 Å². The summed E-state index contributed by atoms with van der Waals surface area (Å²) in [5, 5.41) is 0. The maximum Gasteiger partial charge on any atom is 0.248 e. The average Bonchev–Trinajstić information content (AvgIpc) is 3.09. The van der Waals surface area contributed by atoms with Gasteiger partial charge < -0.3 is 14.4 Å². The first-order valence-electron chi connectivity index (χ1n) is 7.19. The van der Waals surface area contributed by atoms with Crippen LogP contribution in [0.2, 0.25) is 0 Å². The average molecular weight is 295 g/mol. The molecular formula is C18H17NO3. The second-order valence-electron chi connectivity index (χ2n) is 4.93. The lowest BCUT2D eigenvalue weighted by Gasteiger charge is -2.11. The van der Waals surface area contributed by atoms with Crippen LogP contribution in [-0.2, 0) is 9.53 Å². The summed E-state index contributed by atoms with van der Waals surface area (Å²) in [5.74, 6) is 1.44. The van der Waals surface area contributed by atoms with E-state index >= 15 is 0 Å². The van der Waals surface area contributed by atoms with Crippen molar-refractivity contribution in [3.63, 3.8) is 0 Å². The Bertz CT molecular complexity index is 661. The highest BCUT2D eigenvalue weighted by atomic mass is 16.5. The molecule has 1 aliphatic rings. The summed E-state index contributed by atoms with van der Waals surface area (Å²) in [6.45, 7) is 1.62. The smallest absolute Gasteiger partial charge is 0.248 e. The van der Waals surface area contributed by atoms with Crippen LogP contribution in [0.5, 0.6) is 11.5 Å². The maximum atomic E-state index is 12.0. The molecule has 4 heteroatoms. The summed E-state index contributed by atoms with van der Waals surface area (Å²) in [6.07, 6.45) is 3.33. The number of amides is 1. The highest BCUT2D eigenvalue weighted by Crippen LogP contribution is 2.26. The Morgan fingerprint density at radius 3 is 2.64 bits per heavy atom. The minimum Gasteiger partial charge on any atom is -0.457 e. The Labute approximate surface area is 129 Å². The number of benzene rings is 2. The quantitative estimate of drug-likeness (QED) is 0.812. The molecule has 2 aromatic rings. The first kappa shape index (κ1) is 14.4. The number of ether oxygens (including phenoxy) is 2. The van der Waals surface area contributed by atoms with E-state index in [2.05, 4.69) is 0 Å². The van der Waals surface area contributed by atoms with Crippen molar-refractivity contribution in [1.29, 1.82) is 0 Å². The lowest BCUT2D eigenvalue weighted by atomic mass is 10.2. The van der Waals surface area contributed by atoms with Gasteiger partial charge in [0.2, 0.25) is 5.91 Å². The Balaban J connectivity index is 1.74. The van der Waals surface area contributed by atoms with E-state index in [1.807, 2.05) is 54.6 Å². The fourth-order valence-corrected chi connectivity index (χ4v) is 2.18. The van der Waals surface area contributed by atoms with Crippen LogP contribution in [0.15, 0.2) is 60.7 Å². The molecule has 22 heavy (non-hydrogen) atoms. The molecule has 0 saturated carbocycles. The Kier molecular flexibility index (Phi) is 4.51. The molecule has 1 fully saturated rings. The first-order chi connectivity index (χ1) is 10.8. The molecule has 0 bridgehead atoms. The van der Waals surface area contributed by atoms with Gasteiger partial charge in [0.1, 0.15) is 18.2 Å². The Morgan fingerprint density at radius 1 is 1.09 bits per heavy atom. The molecule has 0 radical (unpaired) electrons. The summed E-state index contributed by atoms with van der Waals surface area (Å²) in [4.78, 5) is 13.7. The lowest BCUT2D eigenvalue weighted by Crippen LogP contribution is -2.26. The minimum absolute atomic E-state index is 0.0491. The largest absolute Gasteiger partial charge is 0.457 e. The van der Waals surface area contributed by atoms with Gasteiger partial charge in [0.25, 0.3) is 0 Å². The summed E-state index contributed by atoms with van der Waals surface area (Å²) in [5.41, 5.74) is 0.861. The Hall–Kier alpha value is -2.59. The van der Waals surface area contributed by atoms with Crippen molar-refractivity contribution < 1.29 is 14.3 Å². The van der Waals surface area contributed by atoms with Crippen molar-refractivity contribution >= 4 is 12.0 Å². The number of hydrogen-bond donors (Lipinski definition) is 0. The third-order valence-corrected chi connectivity index (χ3v) is 3.36. The molecule has 0 aliphatic carbocycles. The van der Waals surface area contributed by atoms with Gasteiger partial charge in [-0.3, -0.25) is 4.79 Å². The molecular weight excluding hydrogens is 278 g/mol. The van der Waals surface area contributed by atoms with E-state index in [-0.39, 0.29) is 5.91 Å². The predicted octanol–water partition coefficient (Wildman–Crippen LogP) is 3.31. The monoisotopic (exact) mass is 295 g/mol. The molecule has 4 nitrogen and oxygen atoms in total. The SMILES string of the molecule is O=C(C=Cc1ccccc1Oc1ccccc1)N1CCOC1. The zero-order chi connectivity index (χ0) is 15.2. The van der Waals surface area contributed by atoms with E-state index in [0.717, 1.165) is 17.1 Å². The number of carbonyl (C=O) groups is 1. The molecule has 3 rings (SSSR count). The first-order valence-corrected chi connectivity index (χ1v) is 7.19. The standard InChI is InChI=1S/C18H17NO3/c20-18(19-12-13-21-14-19)11-10-15-6-4-5-9-17(15)22-16-7-2-1-3-8-16/h1-11H,12-14H2. The van der Waals surface area contributed by atoms with Crippen molar-refractivity contribution in [2.24, 2.45) is 0 Å². The Morgan fingerprint density at radius 2 is 1.86 bits per heavy atom. The molecule has 1 heterocycles. The second kappa shape index (κ2) is 6.91. The van der Waals surface area contributed by atoms with Gasteiger partial charge in [-0.05, 0) is 24.3 Å². The van der Waals surface area contributed by atoms with Crippen LogP contribution in [0.4, 0.5) is 0 Å². The van der Waals surface area contributed by atoms with Crippen molar-refractivity contribution in [1.82, 2.24) is 4.90 Å². The fourth-order valence-electron chi connectivity index (χ4n) is 2.18. The third-order valence-electron chi connectivity index (χ3n) is 3.36. The van der Waals surface area contributed by atoms with Crippen LogP contribution in [0.1, 0.15) is 5.56 Å². The number of nitrogens with zero attached hydrogens (tertiary/aromatic N) is 1. The molecule has 0 atom stereocenters. The van der Waals surface area contributed by atoms with Gasteiger partial charge >= 0.3 is 0 Å². The zero-order valence-corrected chi connectivity index (χ0v) is 12.1. The van der Waals surface area contributed by atoms with Gasteiger partial charge in [-0.2, -0.15) is 0 Å². The van der Waals surface area contributed by atoms with Crippen molar-refractivity contribution in [2.75, 3.05) is 19.9 Å². The minimum atomic E-state index is -0.0491. The molecule has 1 amide bonds. The van der Waals surface area contributed by atoms with E-state index in [0.29, 0.717) is 19.9 Å². The number of carbonyl (C=O) groups excluding carboxylic acids is 1. The van der Waals surface area contributed by atoms with E-state index in [1.165, 1.54) is 0 Å². The van der Waals surface area contributed by atoms with E-state index < -0.39 is 0 Å². The van der Waals surface area contributed by atoms with E-state index in [1.54, 1.807) is 17.1 Å². The number of hydrogen-bond acceptors (Lipinski definition) is 3.